The maximum atomic E-state index is 12.0. The van der Waals surface area contributed by atoms with Crippen LogP contribution in [0.2, 0.25) is 0 Å². The molecular weight excluding hydrogens is 356 g/mol. The Morgan fingerprint density at radius 1 is 1.43 bits per heavy atom. The minimum absolute atomic E-state index is 0.0555. The highest BCUT2D eigenvalue weighted by molar-refractivity contribution is 5.80. The summed E-state index contributed by atoms with van der Waals surface area (Å²) in [5, 5.41) is 6.31. The monoisotopic (exact) mass is 390 g/mol. The van der Waals surface area contributed by atoms with Gasteiger partial charge >= 0.3 is 6.09 Å². The number of aliphatic imine (C=N–C) groups is 1. The predicted octanol–water partition coefficient (Wildman–Crippen LogP) is 2.21. The molecule has 0 saturated carbocycles. The number of likely N-dealkylation sites (tertiary alicyclic amines) is 1. The number of anilines is 1. The molecule has 0 bridgehead atoms. The van der Waals surface area contributed by atoms with Crippen LogP contribution in [0.4, 0.5) is 10.6 Å². The Morgan fingerprint density at radius 3 is 2.82 bits per heavy atom. The molecule has 0 spiro atoms. The number of nitrogens with zero attached hydrogens (tertiary/aromatic N) is 4. The van der Waals surface area contributed by atoms with E-state index < -0.39 is 5.60 Å². The van der Waals surface area contributed by atoms with Crippen LogP contribution in [-0.4, -0.2) is 67.3 Å². The predicted molar refractivity (Wildman–Crippen MR) is 113 cm³/mol. The average Bonchev–Trinajstić information content (AvgIpc) is 3.05. The fourth-order valence-electron chi connectivity index (χ4n) is 2.94. The lowest BCUT2D eigenvalue weighted by Crippen LogP contribution is -2.44. The van der Waals surface area contributed by atoms with Gasteiger partial charge < -0.3 is 25.2 Å². The Balaban J connectivity index is 1.97. The van der Waals surface area contributed by atoms with Crippen LogP contribution in [0.15, 0.2) is 23.3 Å². The number of ether oxygens (including phenoxy) is 1. The Bertz CT molecular complexity index is 684. The van der Waals surface area contributed by atoms with E-state index in [0.29, 0.717) is 13.1 Å². The molecule has 156 valence electrons. The summed E-state index contributed by atoms with van der Waals surface area (Å²) < 4.78 is 5.35. The summed E-state index contributed by atoms with van der Waals surface area (Å²) in [6, 6.07) is 4.08. The molecule has 2 rings (SSSR count). The number of carbonyl (C=O) groups excluding carboxylic acids is 1. The normalized spacial score (nSPS) is 17.4. The summed E-state index contributed by atoms with van der Waals surface area (Å²) in [7, 11) is 3.95. The zero-order valence-corrected chi connectivity index (χ0v) is 18.0. The van der Waals surface area contributed by atoms with Crippen LogP contribution in [0, 0.1) is 0 Å². The van der Waals surface area contributed by atoms with Crippen LogP contribution in [0.25, 0.3) is 0 Å². The molecule has 0 aliphatic carbocycles. The van der Waals surface area contributed by atoms with Crippen LogP contribution >= 0.6 is 0 Å². The van der Waals surface area contributed by atoms with Crippen LogP contribution in [0.5, 0.6) is 0 Å². The second-order valence-corrected chi connectivity index (χ2v) is 8.16. The molecule has 1 atom stereocenters. The van der Waals surface area contributed by atoms with Gasteiger partial charge in [-0.15, -0.1) is 0 Å². The van der Waals surface area contributed by atoms with E-state index in [1.165, 1.54) is 0 Å². The molecule has 1 aliphatic rings. The molecule has 1 aromatic rings. The van der Waals surface area contributed by atoms with E-state index in [0.717, 1.165) is 36.9 Å². The van der Waals surface area contributed by atoms with E-state index >= 15 is 0 Å². The van der Waals surface area contributed by atoms with E-state index in [4.69, 9.17) is 9.73 Å². The molecule has 1 saturated heterocycles. The fraction of sp³-hybridized carbons (Fsp3) is 0.650. The molecule has 8 heteroatoms. The number of amides is 1. The van der Waals surface area contributed by atoms with E-state index in [2.05, 4.69) is 27.4 Å². The summed E-state index contributed by atoms with van der Waals surface area (Å²) in [4.78, 5) is 25.3. The molecule has 8 nitrogen and oxygen atoms in total. The first kappa shape index (κ1) is 21.8. The summed E-state index contributed by atoms with van der Waals surface area (Å²) in [5.41, 5.74) is 0.617. The number of aromatic nitrogens is 1. The minimum Gasteiger partial charge on any atom is -0.444 e. The molecular formula is C20H34N6O2. The number of carbonyl (C=O) groups is 1. The van der Waals surface area contributed by atoms with Crippen molar-refractivity contribution in [3.8, 4) is 0 Å². The zero-order valence-electron chi connectivity index (χ0n) is 18.0. The highest BCUT2D eigenvalue weighted by atomic mass is 16.6. The highest BCUT2D eigenvalue weighted by Gasteiger charge is 2.27. The standard InChI is InChI=1S/C20H34N6O2/c1-7-21-18(23-13-15-8-10-22-17(12-15)25(5)6)26-11-9-16(14-26)24-19(27)28-20(2,3)4/h8,10,12,16H,7,9,11,13-14H2,1-6H3,(H,21,23)(H,24,27). The van der Waals surface area contributed by atoms with Crippen molar-refractivity contribution in [3.63, 3.8) is 0 Å². The second-order valence-electron chi connectivity index (χ2n) is 8.16. The molecule has 1 fully saturated rings. The van der Waals surface area contributed by atoms with Crippen LogP contribution in [-0.2, 0) is 11.3 Å². The maximum absolute atomic E-state index is 12.0. The first-order valence-electron chi connectivity index (χ1n) is 9.83. The van der Waals surface area contributed by atoms with Crippen LogP contribution < -0.4 is 15.5 Å². The molecule has 0 aromatic carbocycles. The average molecular weight is 391 g/mol. The van der Waals surface area contributed by atoms with Gasteiger partial charge in [-0.25, -0.2) is 14.8 Å². The summed E-state index contributed by atoms with van der Waals surface area (Å²) >= 11 is 0. The van der Waals surface area contributed by atoms with Gasteiger partial charge in [0.25, 0.3) is 0 Å². The Labute approximate surface area is 168 Å². The molecule has 1 unspecified atom stereocenters. The first-order chi connectivity index (χ1) is 13.2. The van der Waals surface area contributed by atoms with Crippen molar-refractivity contribution in [2.75, 3.05) is 38.6 Å². The number of guanidine groups is 1. The van der Waals surface area contributed by atoms with Crippen molar-refractivity contribution in [1.29, 1.82) is 0 Å². The Kier molecular flexibility index (Phi) is 7.48. The van der Waals surface area contributed by atoms with Crippen LogP contribution in [0.3, 0.4) is 0 Å². The topological polar surface area (TPSA) is 82.1 Å². The third-order valence-corrected chi connectivity index (χ3v) is 4.22. The lowest BCUT2D eigenvalue weighted by atomic mass is 10.2. The molecule has 28 heavy (non-hydrogen) atoms. The van der Waals surface area contributed by atoms with Gasteiger partial charge in [-0.05, 0) is 51.8 Å². The number of pyridine rings is 1. The maximum Gasteiger partial charge on any atom is 0.407 e. The van der Waals surface area contributed by atoms with Crippen molar-refractivity contribution < 1.29 is 9.53 Å². The van der Waals surface area contributed by atoms with Gasteiger partial charge in [-0.2, -0.15) is 0 Å². The van der Waals surface area contributed by atoms with Crippen molar-refractivity contribution in [3.05, 3.63) is 23.9 Å². The Morgan fingerprint density at radius 2 is 2.18 bits per heavy atom. The molecule has 1 amide bonds. The molecule has 2 heterocycles. The highest BCUT2D eigenvalue weighted by Crippen LogP contribution is 2.14. The fourth-order valence-corrected chi connectivity index (χ4v) is 2.94. The Hall–Kier alpha value is -2.51. The van der Waals surface area contributed by atoms with Gasteiger partial charge in [0.15, 0.2) is 5.96 Å². The largest absolute Gasteiger partial charge is 0.444 e. The van der Waals surface area contributed by atoms with E-state index in [1.54, 1.807) is 0 Å². The molecule has 0 radical (unpaired) electrons. The number of alkyl carbamates (subject to hydrolysis) is 1. The first-order valence-corrected chi connectivity index (χ1v) is 9.83. The second kappa shape index (κ2) is 9.61. The van der Waals surface area contributed by atoms with Crippen molar-refractivity contribution >= 4 is 17.9 Å². The van der Waals surface area contributed by atoms with Gasteiger partial charge in [-0.1, -0.05) is 0 Å². The van der Waals surface area contributed by atoms with Crippen molar-refractivity contribution in [2.45, 2.75) is 52.3 Å². The molecule has 2 N–H and O–H groups in total. The SMILES string of the molecule is CCNC(=NCc1ccnc(N(C)C)c1)N1CCC(NC(=O)OC(C)(C)C)C1. The third kappa shape index (κ3) is 6.90. The summed E-state index contributed by atoms with van der Waals surface area (Å²) in [6.07, 6.45) is 2.31. The number of hydrogen-bond donors (Lipinski definition) is 2. The third-order valence-electron chi connectivity index (χ3n) is 4.22. The van der Waals surface area contributed by atoms with E-state index in [1.807, 2.05) is 58.1 Å². The van der Waals surface area contributed by atoms with E-state index in [9.17, 15) is 4.79 Å². The number of nitrogens with one attached hydrogen (secondary N) is 2. The van der Waals surface area contributed by atoms with Gasteiger partial charge in [0.1, 0.15) is 11.4 Å². The smallest absolute Gasteiger partial charge is 0.407 e. The van der Waals surface area contributed by atoms with Gasteiger partial charge in [0, 0.05) is 39.9 Å². The van der Waals surface area contributed by atoms with Gasteiger partial charge in [-0.3, -0.25) is 0 Å². The summed E-state index contributed by atoms with van der Waals surface area (Å²) in [5.74, 6) is 1.78. The lowest BCUT2D eigenvalue weighted by Gasteiger charge is -2.23. The quantitative estimate of drug-likeness (QED) is 0.593. The van der Waals surface area contributed by atoms with Gasteiger partial charge in [0.2, 0.25) is 0 Å². The number of hydrogen-bond acceptors (Lipinski definition) is 5. The molecule has 1 aromatic heterocycles. The lowest BCUT2D eigenvalue weighted by molar-refractivity contribution is 0.0507. The van der Waals surface area contributed by atoms with E-state index in [-0.39, 0.29) is 12.1 Å². The molecule has 1 aliphatic heterocycles. The number of rotatable bonds is 5. The van der Waals surface area contributed by atoms with Crippen LogP contribution in [0.1, 0.15) is 39.7 Å². The van der Waals surface area contributed by atoms with Crippen molar-refractivity contribution in [1.82, 2.24) is 20.5 Å². The van der Waals surface area contributed by atoms with Gasteiger partial charge in [0.05, 0.1) is 12.6 Å². The minimum atomic E-state index is -0.491. The zero-order chi connectivity index (χ0) is 20.7. The van der Waals surface area contributed by atoms with Crippen molar-refractivity contribution in [2.24, 2.45) is 4.99 Å². The summed E-state index contributed by atoms with van der Waals surface area (Å²) in [6.45, 7) is 10.6.